The lowest BCUT2D eigenvalue weighted by atomic mass is 10.0. The van der Waals surface area contributed by atoms with Crippen LogP contribution in [0.1, 0.15) is 42.4 Å². The minimum atomic E-state index is 0.252. The Balaban J connectivity index is 1.48. The SMILES string of the molecule is Cc1ccc2c(CC(=O)N3CCCC3CN3CCCC3)coc2c1C. The van der Waals surface area contributed by atoms with Gasteiger partial charge in [0.15, 0.2) is 0 Å². The largest absolute Gasteiger partial charge is 0.464 e. The van der Waals surface area contributed by atoms with Gasteiger partial charge in [-0.25, -0.2) is 0 Å². The number of amides is 1. The normalized spacial score (nSPS) is 21.5. The molecule has 2 saturated heterocycles. The number of fused-ring (bicyclic) bond motifs is 1. The maximum atomic E-state index is 13.0. The molecule has 2 aliphatic rings. The van der Waals surface area contributed by atoms with Crippen molar-refractivity contribution in [1.29, 1.82) is 0 Å². The maximum absolute atomic E-state index is 13.0. The van der Waals surface area contributed by atoms with E-state index < -0.39 is 0 Å². The highest BCUT2D eigenvalue weighted by molar-refractivity contribution is 5.89. The molecule has 0 aliphatic carbocycles. The first kappa shape index (κ1) is 16.6. The number of likely N-dealkylation sites (tertiary alicyclic amines) is 2. The van der Waals surface area contributed by atoms with Crippen LogP contribution in [0.4, 0.5) is 0 Å². The number of carbonyl (C=O) groups is 1. The van der Waals surface area contributed by atoms with Gasteiger partial charge in [0.05, 0.1) is 12.7 Å². The smallest absolute Gasteiger partial charge is 0.227 e. The summed E-state index contributed by atoms with van der Waals surface area (Å²) in [4.78, 5) is 17.6. The Kier molecular flexibility index (Phi) is 4.55. The van der Waals surface area contributed by atoms with Gasteiger partial charge in [-0.05, 0) is 63.7 Å². The van der Waals surface area contributed by atoms with E-state index in [1.54, 1.807) is 6.26 Å². The number of hydrogen-bond donors (Lipinski definition) is 0. The molecule has 1 aromatic heterocycles. The number of rotatable bonds is 4. The Morgan fingerprint density at radius 3 is 2.76 bits per heavy atom. The van der Waals surface area contributed by atoms with Crippen molar-refractivity contribution in [3.63, 3.8) is 0 Å². The average molecular weight is 340 g/mol. The Morgan fingerprint density at radius 1 is 1.16 bits per heavy atom. The molecule has 4 rings (SSSR count). The number of aryl methyl sites for hydroxylation is 2. The van der Waals surface area contributed by atoms with Crippen LogP contribution in [0.25, 0.3) is 11.0 Å². The average Bonchev–Trinajstić information content (AvgIpc) is 3.33. The molecule has 1 unspecified atom stereocenters. The van der Waals surface area contributed by atoms with Crippen LogP contribution in [0, 0.1) is 13.8 Å². The molecule has 1 aromatic carbocycles. The lowest BCUT2D eigenvalue weighted by molar-refractivity contribution is -0.131. The van der Waals surface area contributed by atoms with Crippen molar-refractivity contribution in [1.82, 2.24) is 9.80 Å². The van der Waals surface area contributed by atoms with Crippen LogP contribution in [-0.2, 0) is 11.2 Å². The molecule has 1 amide bonds. The minimum Gasteiger partial charge on any atom is -0.464 e. The summed E-state index contributed by atoms with van der Waals surface area (Å²) in [6, 6.07) is 4.61. The number of furan rings is 1. The fourth-order valence-electron chi connectivity index (χ4n) is 4.41. The van der Waals surface area contributed by atoms with Gasteiger partial charge < -0.3 is 14.2 Å². The highest BCUT2D eigenvalue weighted by Gasteiger charge is 2.31. The maximum Gasteiger partial charge on any atom is 0.227 e. The highest BCUT2D eigenvalue weighted by Crippen LogP contribution is 2.28. The van der Waals surface area contributed by atoms with Crippen molar-refractivity contribution in [2.45, 2.75) is 52.0 Å². The summed E-state index contributed by atoms with van der Waals surface area (Å²) in [6.45, 7) is 8.53. The summed E-state index contributed by atoms with van der Waals surface area (Å²) in [6.07, 6.45) is 7.12. The Morgan fingerprint density at radius 2 is 1.96 bits per heavy atom. The molecule has 0 spiro atoms. The van der Waals surface area contributed by atoms with Crippen molar-refractivity contribution in [2.75, 3.05) is 26.2 Å². The van der Waals surface area contributed by atoms with Gasteiger partial charge in [0.1, 0.15) is 5.58 Å². The summed E-state index contributed by atoms with van der Waals surface area (Å²) in [5.41, 5.74) is 4.35. The van der Waals surface area contributed by atoms with E-state index >= 15 is 0 Å². The van der Waals surface area contributed by atoms with E-state index in [-0.39, 0.29) is 5.91 Å². The van der Waals surface area contributed by atoms with Crippen molar-refractivity contribution in [2.24, 2.45) is 0 Å². The fourth-order valence-corrected chi connectivity index (χ4v) is 4.41. The summed E-state index contributed by atoms with van der Waals surface area (Å²) < 4.78 is 5.78. The van der Waals surface area contributed by atoms with Crippen molar-refractivity contribution in [3.05, 3.63) is 35.1 Å². The van der Waals surface area contributed by atoms with Gasteiger partial charge in [0.2, 0.25) is 5.91 Å². The molecule has 0 saturated carbocycles. The van der Waals surface area contributed by atoms with Crippen molar-refractivity contribution >= 4 is 16.9 Å². The monoisotopic (exact) mass is 340 g/mol. The predicted octanol–water partition coefficient (Wildman–Crippen LogP) is 3.68. The summed E-state index contributed by atoms with van der Waals surface area (Å²) in [5.74, 6) is 0.252. The van der Waals surface area contributed by atoms with E-state index in [1.165, 1.54) is 37.1 Å². The third-order valence-electron chi connectivity index (χ3n) is 6.05. The van der Waals surface area contributed by atoms with E-state index in [1.807, 2.05) is 0 Å². The molecular weight excluding hydrogens is 312 g/mol. The van der Waals surface area contributed by atoms with Crippen LogP contribution in [-0.4, -0.2) is 47.9 Å². The van der Waals surface area contributed by atoms with E-state index in [9.17, 15) is 4.79 Å². The molecule has 3 heterocycles. The molecular formula is C21H28N2O2. The van der Waals surface area contributed by atoms with Crippen molar-refractivity contribution < 1.29 is 9.21 Å². The first-order valence-corrected chi connectivity index (χ1v) is 9.61. The minimum absolute atomic E-state index is 0.252. The standard InChI is InChI=1S/C21H28N2O2/c1-15-7-8-19-17(14-25-21(19)16(15)2)12-20(24)23-11-5-6-18(23)13-22-9-3-4-10-22/h7-8,14,18H,3-6,9-13H2,1-2H3. The molecule has 0 radical (unpaired) electrons. The van der Waals surface area contributed by atoms with E-state index in [0.29, 0.717) is 12.5 Å². The Labute approximate surface area is 149 Å². The zero-order valence-corrected chi connectivity index (χ0v) is 15.4. The van der Waals surface area contributed by atoms with Gasteiger partial charge in [-0.1, -0.05) is 12.1 Å². The van der Waals surface area contributed by atoms with Crippen LogP contribution < -0.4 is 0 Å². The molecule has 0 N–H and O–H groups in total. The number of nitrogens with zero attached hydrogens (tertiary/aromatic N) is 2. The zero-order chi connectivity index (χ0) is 17.4. The van der Waals surface area contributed by atoms with Crippen molar-refractivity contribution in [3.8, 4) is 0 Å². The summed E-state index contributed by atoms with van der Waals surface area (Å²) >= 11 is 0. The second kappa shape index (κ2) is 6.83. The van der Waals surface area contributed by atoms with E-state index in [2.05, 4.69) is 35.8 Å². The topological polar surface area (TPSA) is 36.7 Å². The molecule has 4 heteroatoms. The van der Waals surface area contributed by atoms with Gasteiger partial charge in [0.25, 0.3) is 0 Å². The van der Waals surface area contributed by atoms with Crippen LogP contribution in [0.3, 0.4) is 0 Å². The third kappa shape index (κ3) is 3.20. The molecule has 2 aromatic rings. The van der Waals surface area contributed by atoms with Gasteiger partial charge in [-0.3, -0.25) is 4.79 Å². The molecule has 4 nitrogen and oxygen atoms in total. The van der Waals surface area contributed by atoms with E-state index in [0.717, 1.165) is 42.5 Å². The molecule has 1 atom stereocenters. The molecule has 2 fully saturated rings. The van der Waals surface area contributed by atoms with Crippen LogP contribution >= 0.6 is 0 Å². The highest BCUT2D eigenvalue weighted by atomic mass is 16.3. The van der Waals surface area contributed by atoms with Gasteiger partial charge >= 0.3 is 0 Å². The van der Waals surface area contributed by atoms with Gasteiger partial charge in [-0.15, -0.1) is 0 Å². The summed E-state index contributed by atoms with van der Waals surface area (Å²) in [7, 11) is 0. The molecule has 134 valence electrons. The Bertz CT molecular complexity index is 774. The van der Waals surface area contributed by atoms with Gasteiger partial charge in [-0.2, -0.15) is 0 Å². The number of benzene rings is 1. The lowest BCUT2D eigenvalue weighted by Gasteiger charge is -2.28. The quantitative estimate of drug-likeness (QED) is 0.852. The second-order valence-electron chi connectivity index (χ2n) is 7.71. The fraction of sp³-hybridized carbons (Fsp3) is 0.571. The van der Waals surface area contributed by atoms with Crippen LogP contribution in [0.15, 0.2) is 22.8 Å². The predicted molar refractivity (Wildman–Crippen MR) is 99.8 cm³/mol. The first-order chi connectivity index (χ1) is 12.1. The Hall–Kier alpha value is -1.81. The first-order valence-electron chi connectivity index (χ1n) is 9.61. The summed E-state index contributed by atoms with van der Waals surface area (Å²) in [5, 5.41) is 1.09. The molecule has 2 aliphatic heterocycles. The number of hydrogen-bond acceptors (Lipinski definition) is 3. The molecule has 0 bridgehead atoms. The van der Waals surface area contributed by atoms with Crippen LogP contribution in [0.5, 0.6) is 0 Å². The zero-order valence-electron chi connectivity index (χ0n) is 15.4. The third-order valence-corrected chi connectivity index (χ3v) is 6.05. The lowest BCUT2D eigenvalue weighted by Crippen LogP contribution is -2.43. The van der Waals surface area contributed by atoms with Crippen LogP contribution in [0.2, 0.25) is 0 Å². The van der Waals surface area contributed by atoms with Gasteiger partial charge in [0, 0.05) is 30.1 Å². The number of carbonyl (C=O) groups excluding carboxylic acids is 1. The molecule has 25 heavy (non-hydrogen) atoms. The van der Waals surface area contributed by atoms with E-state index in [4.69, 9.17) is 4.42 Å². The second-order valence-corrected chi connectivity index (χ2v) is 7.71.